The summed E-state index contributed by atoms with van der Waals surface area (Å²) in [5.41, 5.74) is 1.08. The van der Waals surface area contributed by atoms with Crippen molar-refractivity contribution in [2.75, 3.05) is 31.4 Å². The van der Waals surface area contributed by atoms with Gasteiger partial charge in [-0.15, -0.1) is 0 Å². The number of nitrogens with zero attached hydrogens (tertiary/aromatic N) is 3. The van der Waals surface area contributed by atoms with Gasteiger partial charge in [-0.1, -0.05) is 19.9 Å². The molecule has 0 saturated carbocycles. The standard InChI is InChI=1S/C16H22N4O/c1-11(2)16-18-14(17-3)10-15(19-16)21-13-8-6-7-12(9-13)20(4)5/h6-11H,1-5H3,(H,17,18,19). The largest absolute Gasteiger partial charge is 0.439 e. The van der Waals surface area contributed by atoms with Gasteiger partial charge in [-0.3, -0.25) is 0 Å². The van der Waals surface area contributed by atoms with E-state index >= 15 is 0 Å². The molecule has 0 aliphatic rings. The molecule has 0 aliphatic heterocycles. The fraction of sp³-hybridized carbons (Fsp3) is 0.375. The highest BCUT2D eigenvalue weighted by atomic mass is 16.5. The monoisotopic (exact) mass is 286 g/mol. The normalized spacial score (nSPS) is 10.6. The van der Waals surface area contributed by atoms with Crippen molar-refractivity contribution in [3.05, 3.63) is 36.2 Å². The number of hydrogen-bond acceptors (Lipinski definition) is 5. The van der Waals surface area contributed by atoms with Gasteiger partial charge in [0.2, 0.25) is 5.88 Å². The Balaban J connectivity index is 2.30. The van der Waals surface area contributed by atoms with Crippen LogP contribution in [0, 0.1) is 0 Å². The van der Waals surface area contributed by atoms with E-state index in [0.717, 1.165) is 23.1 Å². The van der Waals surface area contributed by atoms with Gasteiger partial charge in [0, 0.05) is 44.9 Å². The molecule has 1 aromatic carbocycles. The highest BCUT2D eigenvalue weighted by Crippen LogP contribution is 2.26. The van der Waals surface area contributed by atoms with E-state index in [2.05, 4.69) is 29.1 Å². The topological polar surface area (TPSA) is 50.3 Å². The summed E-state index contributed by atoms with van der Waals surface area (Å²) in [6.45, 7) is 4.12. The molecule has 0 spiro atoms. The zero-order valence-corrected chi connectivity index (χ0v) is 13.2. The first-order valence-electron chi connectivity index (χ1n) is 7.01. The molecule has 0 atom stereocenters. The van der Waals surface area contributed by atoms with Crippen molar-refractivity contribution in [1.29, 1.82) is 0 Å². The van der Waals surface area contributed by atoms with Gasteiger partial charge in [0.05, 0.1) is 0 Å². The average Bonchev–Trinajstić information content (AvgIpc) is 2.47. The van der Waals surface area contributed by atoms with Crippen LogP contribution in [0.2, 0.25) is 0 Å². The Morgan fingerprint density at radius 1 is 1.14 bits per heavy atom. The Kier molecular flexibility index (Phi) is 4.62. The maximum Gasteiger partial charge on any atom is 0.224 e. The summed E-state index contributed by atoms with van der Waals surface area (Å²) in [5.74, 6) is 3.08. The molecule has 0 unspecified atom stereocenters. The van der Waals surface area contributed by atoms with E-state index in [1.807, 2.05) is 50.3 Å². The van der Waals surface area contributed by atoms with Gasteiger partial charge in [-0.05, 0) is 12.1 Å². The highest BCUT2D eigenvalue weighted by molar-refractivity contribution is 5.50. The fourth-order valence-corrected chi connectivity index (χ4v) is 1.83. The van der Waals surface area contributed by atoms with Crippen LogP contribution in [0.1, 0.15) is 25.6 Å². The Labute approximate surface area is 126 Å². The summed E-state index contributed by atoms with van der Waals surface area (Å²) in [7, 11) is 5.84. The summed E-state index contributed by atoms with van der Waals surface area (Å²) in [4.78, 5) is 10.9. The Morgan fingerprint density at radius 3 is 2.52 bits per heavy atom. The maximum atomic E-state index is 5.88. The minimum Gasteiger partial charge on any atom is -0.439 e. The van der Waals surface area contributed by atoms with Crippen LogP contribution in [0.5, 0.6) is 11.6 Å². The molecular weight excluding hydrogens is 264 g/mol. The molecule has 0 saturated heterocycles. The van der Waals surface area contributed by atoms with E-state index in [1.54, 1.807) is 6.07 Å². The van der Waals surface area contributed by atoms with E-state index < -0.39 is 0 Å². The number of rotatable bonds is 5. The van der Waals surface area contributed by atoms with E-state index in [4.69, 9.17) is 4.74 Å². The third-order valence-corrected chi connectivity index (χ3v) is 3.05. The molecule has 2 aromatic rings. The fourth-order valence-electron chi connectivity index (χ4n) is 1.83. The molecule has 112 valence electrons. The van der Waals surface area contributed by atoms with Crippen LogP contribution in [-0.2, 0) is 0 Å². The van der Waals surface area contributed by atoms with Crippen molar-refractivity contribution in [3.63, 3.8) is 0 Å². The van der Waals surface area contributed by atoms with Crippen LogP contribution in [0.15, 0.2) is 30.3 Å². The summed E-state index contributed by atoms with van der Waals surface area (Å²) < 4.78 is 5.88. The van der Waals surface area contributed by atoms with Crippen LogP contribution < -0.4 is 15.0 Å². The van der Waals surface area contributed by atoms with Gasteiger partial charge < -0.3 is 15.0 Å². The Bertz CT molecular complexity index is 611. The summed E-state index contributed by atoms with van der Waals surface area (Å²) in [5, 5.41) is 3.04. The lowest BCUT2D eigenvalue weighted by Crippen LogP contribution is -2.08. The predicted molar refractivity (Wildman–Crippen MR) is 86.5 cm³/mol. The second-order valence-corrected chi connectivity index (χ2v) is 5.35. The quantitative estimate of drug-likeness (QED) is 0.911. The number of hydrogen-bond donors (Lipinski definition) is 1. The molecule has 0 aliphatic carbocycles. The molecule has 1 N–H and O–H groups in total. The molecule has 1 aromatic heterocycles. The lowest BCUT2D eigenvalue weighted by Gasteiger charge is -2.14. The SMILES string of the molecule is CNc1cc(Oc2cccc(N(C)C)c2)nc(C(C)C)n1. The average molecular weight is 286 g/mol. The van der Waals surface area contributed by atoms with Crippen LogP contribution in [0.25, 0.3) is 0 Å². The zero-order chi connectivity index (χ0) is 15.4. The first-order valence-corrected chi connectivity index (χ1v) is 7.01. The summed E-state index contributed by atoms with van der Waals surface area (Å²) in [6.07, 6.45) is 0. The first kappa shape index (κ1) is 15.1. The van der Waals surface area contributed by atoms with E-state index in [-0.39, 0.29) is 5.92 Å². The van der Waals surface area contributed by atoms with E-state index in [0.29, 0.717) is 5.88 Å². The highest BCUT2D eigenvalue weighted by Gasteiger charge is 2.09. The maximum absolute atomic E-state index is 5.88. The Hall–Kier alpha value is -2.30. The number of aromatic nitrogens is 2. The summed E-state index contributed by atoms with van der Waals surface area (Å²) >= 11 is 0. The van der Waals surface area contributed by atoms with Gasteiger partial charge in [0.15, 0.2) is 0 Å². The van der Waals surface area contributed by atoms with Gasteiger partial charge in [-0.2, -0.15) is 4.98 Å². The number of anilines is 2. The molecule has 5 heteroatoms. The molecule has 5 nitrogen and oxygen atoms in total. The minimum atomic E-state index is 0.244. The third kappa shape index (κ3) is 3.84. The van der Waals surface area contributed by atoms with Gasteiger partial charge in [0.25, 0.3) is 0 Å². The predicted octanol–water partition coefficient (Wildman–Crippen LogP) is 3.50. The molecule has 0 fully saturated rings. The molecule has 1 heterocycles. The number of nitrogens with one attached hydrogen (secondary N) is 1. The minimum absolute atomic E-state index is 0.244. The van der Waals surface area contributed by atoms with Crippen molar-refractivity contribution in [1.82, 2.24) is 9.97 Å². The lowest BCUT2D eigenvalue weighted by molar-refractivity contribution is 0.457. The molecule has 0 radical (unpaired) electrons. The van der Waals surface area contributed by atoms with Crippen molar-refractivity contribution in [3.8, 4) is 11.6 Å². The molecule has 0 amide bonds. The van der Waals surface area contributed by atoms with Gasteiger partial charge in [-0.25, -0.2) is 4.98 Å². The zero-order valence-electron chi connectivity index (χ0n) is 13.2. The van der Waals surface area contributed by atoms with Crippen molar-refractivity contribution < 1.29 is 4.74 Å². The first-order chi connectivity index (χ1) is 9.99. The van der Waals surface area contributed by atoms with Crippen LogP contribution >= 0.6 is 0 Å². The van der Waals surface area contributed by atoms with E-state index in [1.165, 1.54) is 0 Å². The molecule has 2 rings (SSSR count). The molecule has 0 bridgehead atoms. The van der Waals surface area contributed by atoms with Crippen molar-refractivity contribution >= 4 is 11.5 Å². The number of benzene rings is 1. The second kappa shape index (κ2) is 6.43. The van der Waals surface area contributed by atoms with E-state index in [9.17, 15) is 0 Å². The second-order valence-electron chi connectivity index (χ2n) is 5.35. The van der Waals surface area contributed by atoms with Crippen molar-refractivity contribution in [2.45, 2.75) is 19.8 Å². The van der Waals surface area contributed by atoms with Crippen LogP contribution in [0.3, 0.4) is 0 Å². The number of ether oxygens (including phenoxy) is 1. The third-order valence-electron chi connectivity index (χ3n) is 3.05. The van der Waals surface area contributed by atoms with Crippen molar-refractivity contribution in [2.24, 2.45) is 0 Å². The molecule has 21 heavy (non-hydrogen) atoms. The van der Waals surface area contributed by atoms with Crippen LogP contribution in [-0.4, -0.2) is 31.1 Å². The lowest BCUT2D eigenvalue weighted by atomic mass is 10.2. The van der Waals surface area contributed by atoms with Crippen LogP contribution in [0.4, 0.5) is 11.5 Å². The Morgan fingerprint density at radius 2 is 1.90 bits per heavy atom. The summed E-state index contributed by atoms with van der Waals surface area (Å²) in [6, 6.07) is 9.70. The van der Waals surface area contributed by atoms with Gasteiger partial charge in [0.1, 0.15) is 17.4 Å². The van der Waals surface area contributed by atoms with Gasteiger partial charge >= 0.3 is 0 Å². The molecular formula is C16H22N4O. The smallest absolute Gasteiger partial charge is 0.224 e.